The fourth-order valence-corrected chi connectivity index (χ4v) is 3.00. The van der Waals surface area contributed by atoms with Crippen LogP contribution in [0.4, 0.5) is 0 Å². The topological polar surface area (TPSA) is 21.3 Å². The lowest BCUT2D eigenvalue weighted by molar-refractivity contribution is 0.411. The van der Waals surface area contributed by atoms with Gasteiger partial charge in [-0.1, -0.05) is 19.1 Å². The van der Waals surface area contributed by atoms with Gasteiger partial charge in [-0.25, -0.2) is 0 Å². The second-order valence-corrected chi connectivity index (χ2v) is 5.15. The maximum Gasteiger partial charge on any atom is 0.121 e. The van der Waals surface area contributed by atoms with E-state index in [1.807, 2.05) is 0 Å². The molecule has 1 N–H and O–H groups in total. The van der Waals surface area contributed by atoms with Crippen LogP contribution in [-0.4, -0.2) is 19.2 Å². The van der Waals surface area contributed by atoms with Crippen LogP contribution in [0.15, 0.2) is 18.2 Å². The van der Waals surface area contributed by atoms with Gasteiger partial charge in [-0.05, 0) is 43.9 Å². The minimum absolute atomic E-state index is 0.623. The van der Waals surface area contributed by atoms with Crippen molar-refractivity contribution in [1.82, 2.24) is 5.32 Å². The lowest BCUT2D eigenvalue weighted by atomic mass is 9.89. The molecule has 1 saturated heterocycles. The van der Waals surface area contributed by atoms with Gasteiger partial charge in [0.25, 0.3) is 0 Å². The van der Waals surface area contributed by atoms with Gasteiger partial charge in [0.1, 0.15) is 5.75 Å². The summed E-state index contributed by atoms with van der Waals surface area (Å²) in [4.78, 5) is 0. The van der Waals surface area contributed by atoms with Crippen molar-refractivity contribution in [3.8, 4) is 5.75 Å². The van der Waals surface area contributed by atoms with Crippen molar-refractivity contribution in [2.24, 2.45) is 0 Å². The van der Waals surface area contributed by atoms with E-state index < -0.39 is 0 Å². The number of methoxy groups -OCH3 is 1. The molecule has 0 amide bonds. The Bertz CT molecular complexity index is 389. The average Bonchev–Trinajstić information content (AvgIpc) is 2.70. The van der Waals surface area contributed by atoms with E-state index in [2.05, 4.69) is 44.3 Å². The van der Waals surface area contributed by atoms with Crippen molar-refractivity contribution >= 4 is 0 Å². The quantitative estimate of drug-likeness (QED) is 0.865. The van der Waals surface area contributed by atoms with Gasteiger partial charge in [0, 0.05) is 18.0 Å². The van der Waals surface area contributed by atoms with Gasteiger partial charge in [0.15, 0.2) is 0 Å². The van der Waals surface area contributed by atoms with Gasteiger partial charge in [-0.15, -0.1) is 0 Å². The summed E-state index contributed by atoms with van der Waals surface area (Å²) in [5, 5.41) is 3.67. The Morgan fingerprint density at radius 2 is 2.18 bits per heavy atom. The van der Waals surface area contributed by atoms with E-state index in [4.69, 9.17) is 4.74 Å². The maximum atomic E-state index is 5.32. The molecule has 2 rings (SSSR count). The SMILES string of the molecule is CCC1NC(C)CC1c1ccc(OC)c(C)c1. The van der Waals surface area contributed by atoms with Crippen LogP contribution in [0, 0.1) is 6.92 Å². The van der Waals surface area contributed by atoms with Crippen LogP contribution in [0.5, 0.6) is 5.75 Å². The molecule has 1 aliphatic rings. The second-order valence-electron chi connectivity index (χ2n) is 5.15. The molecule has 1 aromatic rings. The molecule has 1 aliphatic heterocycles. The third-order valence-electron chi connectivity index (χ3n) is 3.88. The van der Waals surface area contributed by atoms with E-state index in [0.29, 0.717) is 18.0 Å². The molecule has 0 bridgehead atoms. The minimum atomic E-state index is 0.623. The smallest absolute Gasteiger partial charge is 0.121 e. The van der Waals surface area contributed by atoms with Crippen molar-refractivity contribution in [3.05, 3.63) is 29.3 Å². The molecular weight excluding hydrogens is 210 g/mol. The van der Waals surface area contributed by atoms with E-state index >= 15 is 0 Å². The monoisotopic (exact) mass is 233 g/mol. The molecule has 17 heavy (non-hydrogen) atoms. The molecule has 2 heteroatoms. The summed E-state index contributed by atoms with van der Waals surface area (Å²) in [7, 11) is 1.73. The highest BCUT2D eigenvalue weighted by atomic mass is 16.5. The highest BCUT2D eigenvalue weighted by Gasteiger charge is 2.31. The predicted octanol–water partition coefficient (Wildman–Crippen LogP) is 3.25. The summed E-state index contributed by atoms with van der Waals surface area (Å²) in [5.74, 6) is 1.64. The molecule has 0 radical (unpaired) electrons. The van der Waals surface area contributed by atoms with Gasteiger partial charge >= 0.3 is 0 Å². The van der Waals surface area contributed by atoms with E-state index in [9.17, 15) is 0 Å². The van der Waals surface area contributed by atoms with Crippen LogP contribution >= 0.6 is 0 Å². The first-order valence-electron chi connectivity index (χ1n) is 6.56. The van der Waals surface area contributed by atoms with Crippen molar-refractivity contribution in [2.45, 2.75) is 51.6 Å². The molecule has 1 heterocycles. The van der Waals surface area contributed by atoms with Crippen molar-refractivity contribution in [3.63, 3.8) is 0 Å². The van der Waals surface area contributed by atoms with E-state index in [-0.39, 0.29) is 0 Å². The van der Waals surface area contributed by atoms with Crippen LogP contribution in [-0.2, 0) is 0 Å². The van der Waals surface area contributed by atoms with Crippen molar-refractivity contribution < 1.29 is 4.74 Å². The molecule has 0 aromatic heterocycles. The third kappa shape index (κ3) is 2.47. The Balaban J connectivity index is 2.24. The summed E-state index contributed by atoms with van der Waals surface area (Å²) >= 11 is 0. The normalized spacial score (nSPS) is 28.4. The summed E-state index contributed by atoms with van der Waals surface area (Å²) < 4.78 is 5.32. The summed E-state index contributed by atoms with van der Waals surface area (Å²) in [6, 6.07) is 7.86. The molecule has 0 saturated carbocycles. The minimum Gasteiger partial charge on any atom is -0.496 e. The van der Waals surface area contributed by atoms with Gasteiger partial charge in [-0.2, -0.15) is 0 Å². The van der Waals surface area contributed by atoms with Gasteiger partial charge < -0.3 is 10.1 Å². The van der Waals surface area contributed by atoms with Crippen LogP contribution in [0.25, 0.3) is 0 Å². The summed E-state index contributed by atoms with van der Waals surface area (Å²) in [6.45, 7) is 6.66. The van der Waals surface area contributed by atoms with Crippen LogP contribution in [0.3, 0.4) is 0 Å². The number of ether oxygens (including phenoxy) is 1. The first-order chi connectivity index (χ1) is 8.15. The Hall–Kier alpha value is -1.02. The molecule has 94 valence electrons. The molecule has 0 spiro atoms. The van der Waals surface area contributed by atoms with Crippen molar-refractivity contribution in [1.29, 1.82) is 0 Å². The second kappa shape index (κ2) is 5.09. The highest BCUT2D eigenvalue weighted by molar-refractivity contribution is 5.38. The summed E-state index contributed by atoms with van der Waals surface area (Å²) in [5.41, 5.74) is 2.69. The Morgan fingerprint density at radius 3 is 2.76 bits per heavy atom. The zero-order valence-corrected chi connectivity index (χ0v) is 11.3. The van der Waals surface area contributed by atoms with Crippen LogP contribution < -0.4 is 10.1 Å². The van der Waals surface area contributed by atoms with Crippen LogP contribution in [0.2, 0.25) is 0 Å². The number of nitrogens with one attached hydrogen (secondary N) is 1. The Kier molecular flexibility index (Phi) is 3.72. The largest absolute Gasteiger partial charge is 0.496 e. The lowest BCUT2D eigenvalue weighted by Gasteiger charge is -2.19. The van der Waals surface area contributed by atoms with Crippen molar-refractivity contribution in [2.75, 3.05) is 7.11 Å². The van der Waals surface area contributed by atoms with E-state index in [1.165, 1.54) is 24.0 Å². The Labute approximate surface area is 104 Å². The first-order valence-corrected chi connectivity index (χ1v) is 6.56. The zero-order valence-electron chi connectivity index (χ0n) is 11.3. The number of aryl methyl sites for hydroxylation is 1. The molecule has 3 atom stereocenters. The van der Waals surface area contributed by atoms with E-state index in [0.717, 1.165) is 5.75 Å². The average molecular weight is 233 g/mol. The highest BCUT2D eigenvalue weighted by Crippen LogP contribution is 2.34. The fraction of sp³-hybridized carbons (Fsp3) is 0.600. The maximum absolute atomic E-state index is 5.32. The predicted molar refractivity (Wildman–Crippen MR) is 71.8 cm³/mol. The van der Waals surface area contributed by atoms with Gasteiger partial charge in [0.2, 0.25) is 0 Å². The fourth-order valence-electron chi connectivity index (χ4n) is 3.00. The van der Waals surface area contributed by atoms with Crippen LogP contribution in [0.1, 0.15) is 43.7 Å². The molecule has 3 unspecified atom stereocenters. The number of hydrogen-bond donors (Lipinski definition) is 1. The molecule has 2 nitrogen and oxygen atoms in total. The third-order valence-corrected chi connectivity index (χ3v) is 3.88. The number of rotatable bonds is 3. The summed E-state index contributed by atoms with van der Waals surface area (Å²) in [6.07, 6.45) is 2.43. The lowest BCUT2D eigenvalue weighted by Crippen LogP contribution is -2.28. The number of hydrogen-bond acceptors (Lipinski definition) is 2. The standard InChI is InChI=1S/C15H23NO/c1-5-14-13(9-11(3)16-14)12-6-7-15(17-4)10(2)8-12/h6-8,11,13-14,16H,5,9H2,1-4H3. The molecule has 0 aliphatic carbocycles. The molecule has 1 fully saturated rings. The first kappa shape index (κ1) is 12.4. The number of benzene rings is 1. The van der Waals surface area contributed by atoms with Gasteiger partial charge in [-0.3, -0.25) is 0 Å². The Morgan fingerprint density at radius 1 is 1.41 bits per heavy atom. The molecular formula is C15H23NO. The van der Waals surface area contributed by atoms with Gasteiger partial charge in [0.05, 0.1) is 7.11 Å². The zero-order chi connectivity index (χ0) is 12.4. The van der Waals surface area contributed by atoms with E-state index in [1.54, 1.807) is 7.11 Å². The molecule has 1 aromatic carbocycles.